The molecule has 18 heavy (non-hydrogen) atoms. The maximum atomic E-state index is 12.0. The minimum Gasteiger partial charge on any atom is -0.477 e. The third-order valence-electron chi connectivity index (χ3n) is 2.78. The molecular formula is C13H13NO3S. The number of aromatic carboxylic acids is 1. The van der Waals surface area contributed by atoms with Crippen LogP contribution in [0.3, 0.4) is 0 Å². The highest BCUT2D eigenvalue weighted by Gasteiger charge is 2.12. The van der Waals surface area contributed by atoms with Gasteiger partial charge in [-0.25, -0.2) is 4.79 Å². The van der Waals surface area contributed by atoms with E-state index in [1.165, 1.54) is 15.5 Å². The van der Waals surface area contributed by atoms with E-state index in [9.17, 15) is 9.59 Å². The Balaban J connectivity index is 2.29. The highest BCUT2D eigenvalue weighted by Crippen LogP contribution is 2.10. The Morgan fingerprint density at radius 2 is 2.17 bits per heavy atom. The normalized spacial score (nSPS) is 10.5. The van der Waals surface area contributed by atoms with Crippen LogP contribution in [0, 0.1) is 6.92 Å². The van der Waals surface area contributed by atoms with Crippen molar-refractivity contribution in [1.82, 2.24) is 4.57 Å². The third kappa shape index (κ3) is 2.51. The molecular weight excluding hydrogens is 250 g/mol. The van der Waals surface area contributed by atoms with Crippen molar-refractivity contribution in [3.05, 3.63) is 56.1 Å². The second-order valence-electron chi connectivity index (χ2n) is 3.98. The van der Waals surface area contributed by atoms with Gasteiger partial charge in [0.25, 0.3) is 5.56 Å². The third-order valence-corrected chi connectivity index (χ3v) is 3.72. The molecule has 0 spiro atoms. The fraction of sp³-hybridized carbons (Fsp3) is 0.231. The number of rotatable bonds is 4. The van der Waals surface area contributed by atoms with Gasteiger partial charge >= 0.3 is 5.97 Å². The van der Waals surface area contributed by atoms with Gasteiger partial charge in [-0.1, -0.05) is 6.07 Å². The minimum atomic E-state index is -1.18. The lowest BCUT2D eigenvalue weighted by Gasteiger charge is -2.09. The fourth-order valence-electron chi connectivity index (χ4n) is 1.79. The lowest BCUT2D eigenvalue weighted by molar-refractivity contribution is 0.0694. The smallest absolute Gasteiger partial charge is 0.341 e. The van der Waals surface area contributed by atoms with Gasteiger partial charge in [0.2, 0.25) is 0 Å². The Kier molecular flexibility index (Phi) is 3.62. The number of aryl methyl sites for hydroxylation is 2. The van der Waals surface area contributed by atoms with Crippen LogP contribution in [0.1, 0.15) is 20.9 Å². The maximum Gasteiger partial charge on any atom is 0.341 e. The molecule has 0 aliphatic heterocycles. The summed E-state index contributed by atoms with van der Waals surface area (Å²) in [5.74, 6) is -1.18. The van der Waals surface area contributed by atoms with E-state index in [0.29, 0.717) is 6.54 Å². The summed E-state index contributed by atoms with van der Waals surface area (Å²) in [7, 11) is 0. The van der Waals surface area contributed by atoms with E-state index < -0.39 is 11.5 Å². The predicted octanol–water partition coefficient (Wildman–Crippen LogP) is 2.16. The van der Waals surface area contributed by atoms with Crippen LogP contribution in [-0.2, 0) is 13.0 Å². The lowest BCUT2D eigenvalue weighted by atomic mass is 10.2. The molecule has 4 nitrogen and oxygen atoms in total. The molecule has 0 saturated heterocycles. The molecule has 0 amide bonds. The van der Waals surface area contributed by atoms with E-state index in [4.69, 9.17) is 5.11 Å². The van der Waals surface area contributed by atoms with Crippen LogP contribution >= 0.6 is 11.3 Å². The topological polar surface area (TPSA) is 59.3 Å². The van der Waals surface area contributed by atoms with Crippen molar-refractivity contribution < 1.29 is 9.90 Å². The first-order valence-corrected chi connectivity index (χ1v) is 6.43. The van der Waals surface area contributed by atoms with Crippen LogP contribution in [0.25, 0.3) is 0 Å². The quantitative estimate of drug-likeness (QED) is 0.919. The number of carbonyl (C=O) groups is 1. The molecule has 0 aliphatic carbocycles. The van der Waals surface area contributed by atoms with Gasteiger partial charge in [0, 0.05) is 17.1 Å². The molecule has 2 rings (SSSR count). The zero-order chi connectivity index (χ0) is 13.1. The van der Waals surface area contributed by atoms with Crippen molar-refractivity contribution in [2.45, 2.75) is 19.9 Å². The first-order valence-electron chi connectivity index (χ1n) is 5.55. The molecule has 0 unspecified atom stereocenters. The van der Waals surface area contributed by atoms with Crippen molar-refractivity contribution in [2.24, 2.45) is 0 Å². The Hall–Kier alpha value is -1.88. The molecule has 0 aromatic carbocycles. The SMILES string of the molecule is Cc1ccc(C(=O)O)c(=O)n1CCc1cccs1. The summed E-state index contributed by atoms with van der Waals surface area (Å²) < 4.78 is 1.52. The van der Waals surface area contributed by atoms with Gasteiger partial charge in [-0.3, -0.25) is 4.79 Å². The van der Waals surface area contributed by atoms with E-state index in [0.717, 1.165) is 12.1 Å². The zero-order valence-electron chi connectivity index (χ0n) is 9.92. The standard InChI is InChI=1S/C13H13NO3S/c1-9-4-5-11(13(16)17)12(15)14(9)7-6-10-3-2-8-18-10/h2-5,8H,6-7H2,1H3,(H,16,17). The van der Waals surface area contributed by atoms with E-state index in [1.54, 1.807) is 24.3 Å². The van der Waals surface area contributed by atoms with E-state index in [1.807, 2.05) is 17.5 Å². The van der Waals surface area contributed by atoms with Crippen LogP contribution in [0.2, 0.25) is 0 Å². The summed E-state index contributed by atoms with van der Waals surface area (Å²) in [5.41, 5.74) is 0.174. The van der Waals surface area contributed by atoms with Gasteiger partial charge in [-0.15, -0.1) is 11.3 Å². The van der Waals surface area contributed by atoms with Gasteiger partial charge in [0.15, 0.2) is 0 Å². The summed E-state index contributed by atoms with van der Waals surface area (Å²) in [6.45, 7) is 2.31. The maximum absolute atomic E-state index is 12.0. The number of pyridine rings is 1. The van der Waals surface area contributed by atoms with Crippen LogP contribution in [0.4, 0.5) is 0 Å². The molecule has 94 valence electrons. The monoisotopic (exact) mass is 263 g/mol. The molecule has 0 saturated carbocycles. The Labute approximate surface area is 108 Å². The molecule has 0 atom stereocenters. The number of nitrogens with zero attached hydrogens (tertiary/aromatic N) is 1. The zero-order valence-corrected chi connectivity index (χ0v) is 10.7. The number of carboxylic acid groups (broad SMARTS) is 1. The molecule has 0 aliphatic rings. The first kappa shape index (κ1) is 12.6. The number of thiophene rings is 1. The average Bonchev–Trinajstić information content (AvgIpc) is 2.81. The van der Waals surface area contributed by atoms with Crippen molar-refractivity contribution in [3.63, 3.8) is 0 Å². The molecule has 2 aromatic heterocycles. The molecule has 2 aromatic rings. The summed E-state index contributed by atoms with van der Waals surface area (Å²) in [6, 6.07) is 7.00. The molecule has 5 heteroatoms. The fourth-order valence-corrected chi connectivity index (χ4v) is 2.49. The number of aromatic nitrogens is 1. The molecule has 2 heterocycles. The van der Waals surface area contributed by atoms with Gasteiger partial charge in [-0.05, 0) is 36.9 Å². The molecule has 0 fully saturated rings. The van der Waals surface area contributed by atoms with E-state index in [2.05, 4.69) is 0 Å². The van der Waals surface area contributed by atoms with Crippen molar-refractivity contribution in [3.8, 4) is 0 Å². The summed E-state index contributed by atoms with van der Waals surface area (Å²) in [6.07, 6.45) is 0.738. The average molecular weight is 263 g/mol. The van der Waals surface area contributed by atoms with E-state index in [-0.39, 0.29) is 5.56 Å². The minimum absolute atomic E-state index is 0.174. The number of hydrogen-bond acceptors (Lipinski definition) is 3. The summed E-state index contributed by atoms with van der Waals surface area (Å²) in [5, 5.41) is 10.9. The highest BCUT2D eigenvalue weighted by atomic mass is 32.1. The first-order chi connectivity index (χ1) is 8.59. The van der Waals surface area contributed by atoms with Gasteiger partial charge in [-0.2, -0.15) is 0 Å². The Bertz CT molecular complexity index is 614. The Morgan fingerprint density at radius 3 is 2.78 bits per heavy atom. The van der Waals surface area contributed by atoms with Crippen LogP contribution in [0.15, 0.2) is 34.4 Å². The molecule has 0 bridgehead atoms. The van der Waals surface area contributed by atoms with Crippen molar-refractivity contribution in [1.29, 1.82) is 0 Å². The highest BCUT2D eigenvalue weighted by molar-refractivity contribution is 7.09. The molecule has 1 N–H and O–H groups in total. The second kappa shape index (κ2) is 5.18. The largest absolute Gasteiger partial charge is 0.477 e. The van der Waals surface area contributed by atoms with Gasteiger partial charge in [0.05, 0.1) is 0 Å². The van der Waals surface area contributed by atoms with Crippen molar-refractivity contribution >= 4 is 17.3 Å². The lowest BCUT2D eigenvalue weighted by Crippen LogP contribution is -2.28. The molecule has 0 radical (unpaired) electrons. The van der Waals surface area contributed by atoms with Crippen LogP contribution < -0.4 is 5.56 Å². The van der Waals surface area contributed by atoms with Crippen molar-refractivity contribution in [2.75, 3.05) is 0 Å². The summed E-state index contributed by atoms with van der Waals surface area (Å²) in [4.78, 5) is 24.1. The number of hydrogen-bond donors (Lipinski definition) is 1. The predicted molar refractivity (Wildman–Crippen MR) is 70.4 cm³/mol. The van der Waals surface area contributed by atoms with Crippen LogP contribution in [0.5, 0.6) is 0 Å². The summed E-state index contributed by atoms with van der Waals surface area (Å²) >= 11 is 1.63. The second-order valence-corrected chi connectivity index (χ2v) is 5.01. The van der Waals surface area contributed by atoms with E-state index >= 15 is 0 Å². The van der Waals surface area contributed by atoms with Gasteiger partial charge < -0.3 is 9.67 Å². The van der Waals surface area contributed by atoms with Gasteiger partial charge in [0.1, 0.15) is 5.56 Å². The number of carboxylic acids is 1. The Morgan fingerprint density at radius 1 is 1.39 bits per heavy atom. The van der Waals surface area contributed by atoms with Crippen LogP contribution in [-0.4, -0.2) is 15.6 Å².